The van der Waals surface area contributed by atoms with Crippen LogP contribution in [0.15, 0.2) is 42.5 Å². The number of likely N-dealkylation sites (N-methyl/N-ethyl adjacent to an activating group) is 1. The van der Waals surface area contributed by atoms with Crippen LogP contribution in [0.4, 0.5) is 0 Å². The predicted molar refractivity (Wildman–Crippen MR) is 85.4 cm³/mol. The van der Waals surface area contributed by atoms with Gasteiger partial charge in [-0.1, -0.05) is 24.3 Å². The molecular formula is C18H19N3. The number of aryl methyl sites for hydroxylation is 1. The highest BCUT2D eigenvalue weighted by Crippen LogP contribution is 2.36. The zero-order valence-electron chi connectivity index (χ0n) is 12.4. The van der Waals surface area contributed by atoms with Gasteiger partial charge in [-0.25, -0.2) is 0 Å². The highest BCUT2D eigenvalue weighted by Gasteiger charge is 2.30. The molecule has 0 bridgehead atoms. The number of rotatable bonds is 1. The Morgan fingerprint density at radius 3 is 2.86 bits per heavy atom. The van der Waals surface area contributed by atoms with Gasteiger partial charge in [0.25, 0.3) is 0 Å². The third kappa shape index (κ3) is 1.96. The molecule has 0 aliphatic carbocycles. The number of fused-ring (bicyclic) bond motifs is 3. The van der Waals surface area contributed by atoms with Crippen molar-refractivity contribution in [2.45, 2.75) is 19.4 Å². The van der Waals surface area contributed by atoms with E-state index < -0.39 is 0 Å². The first-order valence-corrected chi connectivity index (χ1v) is 7.47. The van der Waals surface area contributed by atoms with Gasteiger partial charge in [0.1, 0.15) is 0 Å². The molecule has 4 rings (SSSR count). The van der Waals surface area contributed by atoms with Crippen LogP contribution in [0.3, 0.4) is 0 Å². The summed E-state index contributed by atoms with van der Waals surface area (Å²) in [5.41, 5.74) is 6.20. The molecule has 0 amide bonds. The Balaban J connectivity index is 1.93. The van der Waals surface area contributed by atoms with Gasteiger partial charge in [-0.15, -0.1) is 0 Å². The summed E-state index contributed by atoms with van der Waals surface area (Å²) in [6, 6.07) is 15.1. The van der Waals surface area contributed by atoms with Crippen LogP contribution >= 0.6 is 0 Å². The highest BCUT2D eigenvalue weighted by atomic mass is 15.2. The quantitative estimate of drug-likeness (QED) is 0.739. The fourth-order valence-electron chi connectivity index (χ4n) is 3.45. The number of aromatic nitrogens is 2. The first-order valence-electron chi connectivity index (χ1n) is 7.47. The molecule has 0 spiro atoms. The fraction of sp³-hybridized carbons (Fsp3) is 0.278. The largest absolute Gasteiger partial charge is 0.357 e. The van der Waals surface area contributed by atoms with E-state index in [0.29, 0.717) is 0 Å². The van der Waals surface area contributed by atoms with Crippen LogP contribution in [0, 0.1) is 6.92 Å². The molecule has 0 saturated heterocycles. The van der Waals surface area contributed by atoms with E-state index in [1.54, 1.807) is 0 Å². The molecule has 0 saturated carbocycles. The summed E-state index contributed by atoms with van der Waals surface area (Å²) in [4.78, 5) is 10.8. The smallest absolute Gasteiger partial charge is 0.0928 e. The van der Waals surface area contributed by atoms with Crippen molar-refractivity contribution < 1.29 is 0 Å². The van der Waals surface area contributed by atoms with Crippen LogP contribution in [0.1, 0.15) is 28.7 Å². The number of aromatic amines is 1. The number of pyridine rings is 1. The molecule has 1 aliphatic heterocycles. The molecule has 1 aromatic carbocycles. The normalized spacial score (nSPS) is 18.9. The monoisotopic (exact) mass is 277 g/mol. The van der Waals surface area contributed by atoms with E-state index in [2.05, 4.69) is 66.3 Å². The van der Waals surface area contributed by atoms with Gasteiger partial charge in [0.15, 0.2) is 0 Å². The Morgan fingerprint density at radius 2 is 2.00 bits per heavy atom. The van der Waals surface area contributed by atoms with Gasteiger partial charge in [0.05, 0.1) is 11.7 Å². The van der Waals surface area contributed by atoms with Crippen molar-refractivity contribution in [2.75, 3.05) is 13.6 Å². The minimum atomic E-state index is 0.223. The standard InChI is InChI=1S/C18H19N3/c1-12-6-5-9-16(19-12)18-17-14(10-11-21(18)2)13-7-3-4-8-15(13)20-17/h3-9,18,20H,10-11H2,1-2H3/t18-/m1/s1. The van der Waals surface area contributed by atoms with Crippen molar-refractivity contribution in [1.82, 2.24) is 14.9 Å². The summed E-state index contributed by atoms with van der Waals surface area (Å²) >= 11 is 0. The zero-order valence-corrected chi connectivity index (χ0v) is 12.4. The van der Waals surface area contributed by atoms with Crippen molar-refractivity contribution in [3.05, 3.63) is 65.1 Å². The first-order chi connectivity index (χ1) is 10.2. The number of H-pyrrole nitrogens is 1. The van der Waals surface area contributed by atoms with Crippen LogP contribution in [0.5, 0.6) is 0 Å². The minimum Gasteiger partial charge on any atom is -0.357 e. The number of hydrogen-bond donors (Lipinski definition) is 1. The lowest BCUT2D eigenvalue weighted by Gasteiger charge is -2.32. The maximum atomic E-state index is 4.75. The van der Waals surface area contributed by atoms with E-state index >= 15 is 0 Å². The Morgan fingerprint density at radius 1 is 1.14 bits per heavy atom. The molecule has 106 valence electrons. The van der Waals surface area contributed by atoms with Crippen LogP contribution in [-0.4, -0.2) is 28.5 Å². The third-order valence-corrected chi connectivity index (χ3v) is 4.47. The number of benzene rings is 1. The first kappa shape index (κ1) is 12.6. The summed E-state index contributed by atoms with van der Waals surface area (Å²) in [7, 11) is 2.18. The van der Waals surface area contributed by atoms with Crippen molar-refractivity contribution >= 4 is 10.9 Å². The average molecular weight is 277 g/mol. The Labute approximate surface area is 124 Å². The van der Waals surface area contributed by atoms with E-state index in [0.717, 1.165) is 24.4 Å². The van der Waals surface area contributed by atoms with Crippen molar-refractivity contribution in [3.63, 3.8) is 0 Å². The van der Waals surface area contributed by atoms with Gasteiger partial charge in [-0.3, -0.25) is 9.88 Å². The molecule has 2 aromatic heterocycles. The molecule has 0 radical (unpaired) electrons. The summed E-state index contributed by atoms with van der Waals surface area (Å²) in [6.45, 7) is 3.12. The van der Waals surface area contributed by atoms with Gasteiger partial charge >= 0.3 is 0 Å². The molecule has 1 N–H and O–H groups in total. The number of hydrogen-bond acceptors (Lipinski definition) is 2. The Kier molecular flexibility index (Phi) is 2.82. The Bertz CT molecular complexity index is 803. The van der Waals surface area contributed by atoms with Crippen LogP contribution < -0.4 is 0 Å². The lowest BCUT2D eigenvalue weighted by Crippen LogP contribution is -2.33. The molecule has 21 heavy (non-hydrogen) atoms. The summed E-state index contributed by atoms with van der Waals surface area (Å²) in [5.74, 6) is 0. The SMILES string of the molecule is Cc1cccc([C@@H]2c3[nH]c4ccccc4c3CCN2C)n1. The molecule has 1 aliphatic rings. The maximum absolute atomic E-state index is 4.75. The van der Waals surface area contributed by atoms with E-state index in [-0.39, 0.29) is 6.04 Å². The van der Waals surface area contributed by atoms with E-state index in [1.807, 2.05) is 0 Å². The topological polar surface area (TPSA) is 31.9 Å². The van der Waals surface area contributed by atoms with Crippen LogP contribution in [-0.2, 0) is 6.42 Å². The molecule has 3 nitrogen and oxygen atoms in total. The molecule has 3 heteroatoms. The van der Waals surface area contributed by atoms with Crippen LogP contribution in [0.2, 0.25) is 0 Å². The lowest BCUT2D eigenvalue weighted by atomic mass is 9.95. The van der Waals surface area contributed by atoms with E-state index in [9.17, 15) is 0 Å². The van der Waals surface area contributed by atoms with E-state index in [4.69, 9.17) is 4.98 Å². The van der Waals surface area contributed by atoms with Crippen LogP contribution in [0.25, 0.3) is 10.9 Å². The predicted octanol–water partition coefficient (Wildman–Crippen LogP) is 3.45. The molecule has 0 unspecified atom stereocenters. The van der Waals surface area contributed by atoms with Gasteiger partial charge in [0, 0.05) is 28.8 Å². The van der Waals surface area contributed by atoms with Crippen molar-refractivity contribution in [3.8, 4) is 0 Å². The second-order valence-corrected chi connectivity index (χ2v) is 5.90. The number of nitrogens with zero attached hydrogens (tertiary/aromatic N) is 2. The zero-order chi connectivity index (χ0) is 14.4. The molecule has 1 atom stereocenters. The minimum absolute atomic E-state index is 0.223. The number of para-hydroxylation sites is 1. The summed E-state index contributed by atoms with van der Waals surface area (Å²) in [6.07, 6.45) is 1.10. The fourth-order valence-corrected chi connectivity index (χ4v) is 3.45. The summed E-state index contributed by atoms with van der Waals surface area (Å²) < 4.78 is 0. The number of nitrogens with one attached hydrogen (secondary N) is 1. The highest BCUT2D eigenvalue weighted by molar-refractivity contribution is 5.85. The molecule has 3 aromatic rings. The van der Waals surface area contributed by atoms with Gasteiger partial charge < -0.3 is 4.98 Å². The van der Waals surface area contributed by atoms with Gasteiger partial charge in [-0.05, 0) is 44.2 Å². The van der Waals surface area contributed by atoms with Gasteiger partial charge in [-0.2, -0.15) is 0 Å². The molecular weight excluding hydrogens is 258 g/mol. The van der Waals surface area contributed by atoms with Crippen molar-refractivity contribution in [1.29, 1.82) is 0 Å². The van der Waals surface area contributed by atoms with Gasteiger partial charge in [0.2, 0.25) is 0 Å². The maximum Gasteiger partial charge on any atom is 0.0928 e. The second-order valence-electron chi connectivity index (χ2n) is 5.90. The Hall–Kier alpha value is -2.13. The second kappa shape index (κ2) is 4.71. The molecule has 3 heterocycles. The molecule has 0 fully saturated rings. The van der Waals surface area contributed by atoms with E-state index in [1.165, 1.54) is 22.2 Å². The summed E-state index contributed by atoms with van der Waals surface area (Å²) in [5, 5.41) is 1.36. The van der Waals surface area contributed by atoms with Crippen molar-refractivity contribution in [2.24, 2.45) is 0 Å². The third-order valence-electron chi connectivity index (χ3n) is 4.47. The average Bonchev–Trinajstić information content (AvgIpc) is 2.85. The lowest BCUT2D eigenvalue weighted by molar-refractivity contribution is 0.257.